The lowest BCUT2D eigenvalue weighted by Gasteiger charge is -2.35. The molecule has 0 bridgehead atoms. The number of alkyl halides is 3. The van der Waals surface area contributed by atoms with E-state index < -0.39 is 12.6 Å². The van der Waals surface area contributed by atoms with Crippen LogP contribution in [-0.4, -0.2) is 37.3 Å². The maximum absolute atomic E-state index is 12.5. The van der Waals surface area contributed by atoms with Gasteiger partial charge in [0, 0.05) is 38.6 Å². The van der Waals surface area contributed by atoms with Crippen LogP contribution in [0, 0.1) is 6.92 Å². The number of halogens is 3. The second-order valence-electron chi connectivity index (χ2n) is 5.37. The van der Waals surface area contributed by atoms with Crippen LogP contribution in [0.15, 0.2) is 24.3 Å². The Labute approximate surface area is 118 Å². The number of aryl methyl sites for hydroxylation is 1. The van der Waals surface area contributed by atoms with Crippen molar-refractivity contribution in [3.63, 3.8) is 0 Å². The Hall–Kier alpha value is -1.07. The van der Waals surface area contributed by atoms with Gasteiger partial charge in [0.05, 0.1) is 0 Å². The van der Waals surface area contributed by atoms with Crippen LogP contribution in [0.4, 0.5) is 13.2 Å². The molecule has 0 spiro atoms. The van der Waals surface area contributed by atoms with E-state index >= 15 is 0 Å². The first kappa shape index (κ1) is 15.3. The highest BCUT2D eigenvalue weighted by atomic mass is 19.4. The second kappa shape index (κ2) is 6.59. The minimum Gasteiger partial charge on any atom is -0.314 e. The summed E-state index contributed by atoms with van der Waals surface area (Å²) in [7, 11) is 0. The van der Waals surface area contributed by atoms with Crippen molar-refractivity contribution in [2.45, 2.75) is 32.0 Å². The van der Waals surface area contributed by atoms with Gasteiger partial charge in [0.25, 0.3) is 0 Å². The molecule has 0 radical (unpaired) electrons. The maximum Gasteiger partial charge on any atom is 0.389 e. The molecule has 0 unspecified atom stereocenters. The molecule has 1 aliphatic heterocycles. The molecular weight excluding hydrogens is 265 g/mol. The fourth-order valence-corrected chi connectivity index (χ4v) is 2.64. The Balaban J connectivity index is 2.12. The average Bonchev–Trinajstić information content (AvgIpc) is 2.41. The van der Waals surface area contributed by atoms with Crippen LogP contribution in [0.1, 0.15) is 30.0 Å². The van der Waals surface area contributed by atoms with Gasteiger partial charge in [-0.05, 0) is 18.9 Å². The van der Waals surface area contributed by atoms with Crippen LogP contribution in [0.3, 0.4) is 0 Å². The fraction of sp³-hybridized carbons (Fsp3) is 0.600. The van der Waals surface area contributed by atoms with E-state index in [0.717, 1.165) is 37.3 Å². The molecule has 5 heteroatoms. The smallest absolute Gasteiger partial charge is 0.314 e. The summed E-state index contributed by atoms with van der Waals surface area (Å²) < 4.78 is 37.6. The third kappa shape index (κ3) is 4.49. The summed E-state index contributed by atoms with van der Waals surface area (Å²) in [5.74, 6) is 0. The molecular formula is C15H21F3N2. The van der Waals surface area contributed by atoms with Gasteiger partial charge < -0.3 is 5.32 Å². The Bertz CT molecular complexity index is 408. The van der Waals surface area contributed by atoms with Gasteiger partial charge in [-0.25, -0.2) is 0 Å². The highest BCUT2D eigenvalue weighted by Crippen LogP contribution is 2.31. The van der Waals surface area contributed by atoms with Crippen molar-refractivity contribution in [2.24, 2.45) is 0 Å². The lowest BCUT2D eigenvalue weighted by molar-refractivity contribution is -0.138. The minimum absolute atomic E-state index is 0.132. The van der Waals surface area contributed by atoms with Crippen LogP contribution < -0.4 is 5.32 Å². The largest absolute Gasteiger partial charge is 0.389 e. The van der Waals surface area contributed by atoms with Gasteiger partial charge >= 0.3 is 6.18 Å². The molecule has 1 fully saturated rings. The summed E-state index contributed by atoms with van der Waals surface area (Å²) >= 11 is 0. The Morgan fingerprint density at radius 3 is 2.30 bits per heavy atom. The molecule has 1 heterocycles. The molecule has 2 rings (SSSR count). The Morgan fingerprint density at radius 1 is 1.15 bits per heavy atom. The predicted molar refractivity (Wildman–Crippen MR) is 73.7 cm³/mol. The van der Waals surface area contributed by atoms with Crippen molar-refractivity contribution in [1.82, 2.24) is 10.2 Å². The van der Waals surface area contributed by atoms with Crippen LogP contribution in [-0.2, 0) is 0 Å². The Kier molecular flexibility index (Phi) is 5.05. The molecule has 20 heavy (non-hydrogen) atoms. The van der Waals surface area contributed by atoms with Crippen molar-refractivity contribution >= 4 is 0 Å². The van der Waals surface area contributed by atoms with Gasteiger partial charge in [-0.1, -0.05) is 29.8 Å². The molecule has 0 aliphatic carbocycles. The molecule has 1 N–H and O–H groups in total. The molecule has 1 aliphatic rings. The van der Waals surface area contributed by atoms with E-state index in [-0.39, 0.29) is 12.5 Å². The zero-order valence-corrected chi connectivity index (χ0v) is 11.7. The Morgan fingerprint density at radius 2 is 1.75 bits per heavy atom. The predicted octanol–water partition coefficient (Wildman–Crippen LogP) is 3.28. The van der Waals surface area contributed by atoms with Crippen molar-refractivity contribution < 1.29 is 13.2 Å². The fourth-order valence-electron chi connectivity index (χ4n) is 2.64. The highest BCUT2D eigenvalue weighted by molar-refractivity contribution is 5.24. The van der Waals surface area contributed by atoms with Crippen molar-refractivity contribution in [2.75, 3.05) is 26.2 Å². The lowest BCUT2D eigenvalue weighted by atomic mass is 9.98. The second-order valence-corrected chi connectivity index (χ2v) is 5.37. The van der Waals surface area contributed by atoms with E-state index in [9.17, 15) is 13.2 Å². The van der Waals surface area contributed by atoms with Gasteiger partial charge in [-0.15, -0.1) is 0 Å². The lowest BCUT2D eigenvalue weighted by Crippen LogP contribution is -2.45. The number of nitrogens with one attached hydrogen (secondary N) is 1. The molecule has 1 atom stereocenters. The summed E-state index contributed by atoms with van der Waals surface area (Å²) in [4.78, 5) is 2.16. The van der Waals surface area contributed by atoms with E-state index in [4.69, 9.17) is 0 Å². The van der Waals surface area contributed by atoms with Crippen molar-refractivity contribution in [3.05, 3.63) is 35.4 Å². The average molecular weight is 286 g/mol. The highest BCUT2D eigenvalue weighted by Gasteiger charge is 2.31. The molecule has 1 saturated heterocycles. The third-order valence-electron chi connectivity index (χ3n) is 3.76. The standard InChI is InChI=1S/C15H21F3N2/c1-12-2-4-13(5-3-12)14(6-7-15(16,17)18)20-10-8-19-9-11-20/h2-5,14,19H,6-11H2,1H3/t14-/m1/s1. The zero-order valence-electron chi connectivity index (χ0n) is 11.7. The number of hydrogen-bond acceptors (Lipinski definition) is 2. The van der Waals surface area contributed by atoms with Gasteiger partial charge in [-0.2, -0.15) is 13.2 Å². The number of nitrogens with zero attached hydrogens (tertiary/aromatic N) is 1. The van der Waals surface area contributed by atoms with Crippen LogP contribution >= 0.6 is 0 Å². The first-order chi connectivity index (χ1) is 9.46. The summed E-state index contributed by atoms with van der Waals surface area (Å²) in [5.41, 5.74) is 2.12. The maximum atomic E-state index is 12.5. The first-order valence-corrected chi connectivity index (χ1v) is 7.04. The van der Waals surface area contributed by atoms with Crippen LogP contribution in [0.5, 0.6) is 0 Å². The monoisotopic (exact) mass is 286 g/mol. The summed E-state index contributed by atoms with van der Waals surface area (Å²) in [6.07, 6.45) is -4.68. The zero-order chi connectivity index (χ0) is 14.6. The van der Waals surface area contributed by atoms with Gasteiger partial charge in [0.1, 0.15) is 0 Å². The first-order valence-electron chi connectivity index (χ1n) is 7.04. The SMILES string of the molecule is Cc1ccc([C@@H](CCC(F)(F)F)N2CCNCC2)cc1. The van der Waals surface area contributed by atoms with Gasteiger partial charge in [0.15, 0.2) is 0 Å². The van der Waals surface area contributed by atoms with Crippen molar-refractivity contribution in [1.29, 1.82) is 0 Å². The molecule has 0 aromatic heterocycles. The molecule has 1 aromatic carbocycles. The third-order valence-corrected chi connectivity index (χ3v) is 3.76. The molecule has 1 aromatic rings. The van der Waals surface area contributed by atoms with E-state index in [1.165, 1.54) is 0 Å². The van der Waals surface area contributed by atoms with E-state index in [2.05, 4.69) is 10.2 Å². The van der Waals surface area contributed by atoms with Gasteiger partial charge in [0.2, 0.25) is 0 Å². The summed E-state index contributed by atoms with van der Waals surface area (Å²) in [6.45, 7) is 5.27. The molecule has 112 valence electrons. The molecule has 2 nitrogen and oxygen atoms in total. The number of rotatable bonds is 4. The number of piperazine rings is 1. The van der Waals surface area contributed by atoms with E-state index in [1.54, 1.807) is 0 Å². The topological polar surface area (TPSA) is 15.3 Å². The number of hydrogen-bond donors (Lipinski definition) is 1. The summed E-state index contributed by atoms with van der Waals surface area (Å²) in [5, 5.41) is 3.24. The molecule has 0 amide bonds. The van der Waals surface area contributed by atoms with Crippen LogP contribution in [0.2, 0.25) is 0 Å². The van der Waals surface area contributed by atoms with E-state index in [1.807, 2.05) is 31.2 Å². The van der Waals surface area contributed by atoms with Crippen LogP contribution in [0.25, 0.3) is 0 Å². The quantitative estimate of drug-likeness (QED) is 0.913. The van der Waals surface area contributed by atoms with Crippen molar-refractivity contribution in [3.8, 4) is 0 Å². The summed E-state index contributed by atoms with van der Waals surface area (Å²) in [6, 6.07) is 7.71. The van der Waals surface area contributed by atoms with E-state index in [0.29, 0.717) is 0 Å². The molecule has 0 saturated carbocycles. The normalized spacial score (nSPS) is 19.0. The number of benzene rings is 1. The van der Waals surface area contributed by atoms with Gasteiger partial charge in [-0.3, -0.25) is 4.90 Å². The minimum atomic E-state index is -4.09.